The molecule has 0 heterocycles. The SMILES string of the molecule is CCNC(=NCc1ccc(C)cc1OCCOCC)NCCCOCC1CC1. The van der Waals surface area contributed by atoms with Crippen molar-refractivity contribution in [2.45, 2.75) is 46.6 Å². The Balaban J connectivity index is 1.80. The number of aryl methyl sites for hydroxylation is 1. The lowest BCUT2D eigenvalue weighted by Gasteiger charge is -2.14. The zero-order valence-electron chi connectivity index (χ0n) is 17.8. The van der Waals surface area contributed by atoms with Crippen LogP contribution in [0.4, 0.5) is 0 Å². The van der Waals surface area contributed by atoms with Gasteiger partial charge in [-0.05, 0) is 57.6 Å². The Hall–Kier alpha value is -1.79. The number of hydrogen-bond acceptors (Lipinski definition) is 4. The molecule has 158 valence electrons. The van der Waals surface area contributed by atoms with E-state index in [1.54, 1.807) is 0 Å². The maximum absolute atomic E-state index is 5.91. The van der Waals surface area contributed by atoms with Gasteiger partial charge in [-0.1, -0.05) is 12.1 Å². The van der Waals surface area contributed by atoms with Crippen molar-refractivity contribution in [1.82, 2.24) is 10.6 Å². The minimum Gasteiger partial charge on any atom is -0.491 e. The van der Waals surface area contributed by atoms with E-state index in [9.17, 15) is 0 Å². The molecule has 0 spiro atoms. The van der Waals surface area contributed by atoms with E-state index >= 15 is 0 Å². The fourth-order valence-corrected chi connectivity index (χ4v) is 2.70. The number of ether oxygens (including phenoxy) is 3. The molecule has 0 saturated heterocycles. The average molecular weight is 392 g/mol. The smallest absolute Gasteiger partial charge is 0.191 e. The molecule has 1 saturated carbocycles. The van der Waals surface area contributed by atoms with E-state index in [2.05, 4.69) is 42.7 Å². The van der Waals surface area contributed by atoms with Crippen molar-refractivity contribution in [3.8, 4) is 5.75 Å². The summed E-state index contributed by atoms with van der Waals surface area (Å²) >= 11 is 0. The summed E-state index contributed by atoms with van der Waals surface area (Å²) in [5, 5.41) is 6.68. The van der Waals surface area contributed by atoms with Crippen LogP contribution in [0.5, 0.6) is 5.75 Å². The normalized spacial score (nSPS) is 14.2. The minimum absolute atomic E-state index is 0.549. The molecule has 1 aliphatic rings. The largest absolute Gasteiger partial charge is 0.491 e. The van der Waals surface area contributed by atoms with Crippen LogP contribution in [0.1, 0.15) is 44.2 Å². The molecular weight excluding hydrogens is 354 g/mol. The van der Waals surface area contributed by atoms with E-state index in [1.807, 2.05) is 6.92 Å². The van der Waals surface area contributed by atoms with Crippen molar-refractivity contribution in [2.75, 3.05) is 46.1 Å². The molecule has 1 aliphatic carbocycles. The van der Waals surface area contributed by atoms with Crippen LogP contribution >= 0.6 is 0 Å². The number of guanidine groups is 1. The van der Waals surface area contributed by atoms with Crippen molar-refractivity contribution in [3.63, 3.8) is 0 Å². The standard InChI is InChI=1S/C22H37N3O3/c1-4-23-22(24-11-6-12-27-17-19-8-9-19)25-16-20-10-7-18(3)15-21(20)28-14-13-26-5-2/h7,10,15,19H,4-6,8-9,11-14,16-17H2,1-3H3,(H2,23,24,25). The summed E-state index contributed by atoms with van der Waals surface area (Å²) in [4.78, 5) is 4.72. The zero-order valence-corrected chi connectivity index (χ0v) is 17.8. The molecule has 0 atom stereocenters. The van der Waals surface area contributed by atoms with Gasteiger partial charge in [0.15, 0.2) is 5.96 Å². The maximum atomic E-state index is 5.91. The highest BCUT2D eigenvalue weighted by Crippen LogP contribution is 2.28. The Bertz CT molecular complexity index is 588. The van der Waals surface area contributed by atoms with Gasteiger partial charge in [0.25, 0.3) is 0 Å². The number of rotatable bonds is 14. The van der Waals surface area contributed by atoms with Crippen LogP contribution in [0.3, 0.4) is 0 Å². The first kappa shape index (κ1) is 22.5. The quantitative estimate of drug-likeness (QED) is 0.289. The van der Waals surface area contributed by atoms with Crippen molar-refractivity contribution >= 4 is 5.96 Å². The van der Waals surface area contributed by atoms with Crippen LogP contribution in [-0.2, 0) is 16.0 Å². The lowest BCUT2D eigenvalue weighted by Crippen LogP contribution is -2.38. The molecule has 0 radical (unpaired) electrons. The van der Waals surface area contributed by atoms with Crippen LogP contribution in [0.15, 0.2) is 23.2 Å². The molecular formula is C22H37N3O3. The number of nitrogens with one attached hydrogen (secondary N) is 2. The summed E-state index contributed by atoms with van der Waals surface area (Å²) in [6.07, 6.45) is 3.66. The van der Waals surface area contributed by atoms with E-state index in [4.69, 9.17) is 19.2 Å². The first-order chi connectivity index (χ1) is 13.7. The summed E-state index contributed by atoms with van der Waals surface area (Å²) in [6, 6.07) is 6.25. The van der Waals surface area contributed by atoms with Gasteiger partial charge in [-0.3, -0.25) is 0 Å². The fourth-order valence-electron chi connectivity index (χ4n) is 2.70. The van der Waals surface area contributed by atoms with Crippen LogP contribution in [-0.4, -0.2) is 52.1 Å². The lowest BCUT2D eigenvalue weighted by molar-refractivity contribution is 0.110. The summed E-state index contributed by atoms with van der Waals surface area (Å²) in [7, 11) is 0. The predicted octanol–water partition coefficient (Wildman–Crippen LogP) is 3.28. The van der Waals surface area contributed by atoms with E-state index in [0.717, 1.165) is 55.9 Å². The van der Waals surface area contributed by atoms with Crippen molar-refractivity contribution in [1.29, 1.82) is 0 Å². The first-order valence-corrected chi connectivity index (χ1v) is 10.6. The van der Waals surface area contributed by atoms with Gasteiger partial charge in [0.1, 0.15) is 12.4 Å². The lowest BCUT2D eigenvalue weighted by atomic mass is 10.1. The average Bonchev–Trinajstić information content (AvgIpc) is 3.51. The minimum atomic E-state index is 0.549. The van der Waals surface area contributed by atoms with Gasteiger partial charge in [-0.2, -0.15) is 0 Å². The highest BCUT2D eigenvalue weighted by molar-refractivity contribution is 5.79. The van der Waals surface area contributed by atoms with Gasteiger partial charge < -0.3 is 24.8 Å². The van der Waals surface area contributed by atoms with Crippen LogP contribution in [0.25, 0.3) is 0 Å². The van der Waals surface area contributed by atoms with Gasteiger partial charge in [0, 0.05) is 38.5 Å². The predicted molar refractivity (Wildman–Crippen MR) is 114 cm³/mol. The third kappa shape index (κ3) is 9.42. The number of benzene rings is 1. The van der Waals surface area contributed by atoms with E-state index in [-0.39, 0.29) is 0 Å². The third-order valence-electron chi connectivity index (χ3n) is 4.47. The number of aliphatic imine (C=N–C) groups is 1. The highest BCUT2D eigenvalue weighted by Gasteiger charge is 2.20. The number of nitrogens with zero attached hydrogens (tertiary/aromatic N) is 1. The molecule has 0 unspecified atom stereocenters. The second-order valence-corrected chi connectivity index (χ2v) is 7.15. The second kappa shape index (κ2) is 13.4. The number of hydrogen-bond donors (Lipinski definition) is 2. The molecule has 28 heavy (non-hydrogen) atoms. The van der Waals surface area contributed by atoms with Gasteiger partial charge >= 0.3 is 0 Å². The molecule has 1 aromatic carbocycles. The third-order valence-corrected chi connectivity index (χ3v) is 4.47. The van der Waals surface area contributed by atoms with Gasteiger partial charge in [0.05, 0.1) is 13.2 Å². The Morgan fingerprint density at radius 2 is 1.96 bits per heavy atom. The molecule has 6 heteroatoms. The monoisotopic (exact) mass is 391 g/mol. The topological polar surface area (TPSA) is 64.1 Å². The summed E-state index contributed by atoms with van der Waals surface area (Å²) < 4.78 is 17.0. The molecule has 0 aromatic heterocycles. The first-order valence-electron chi connectivity index (χ1n) is 10.6. The van der Waals surface area contributed by atoms with E-state index in [0.29, 0.717) is 26.4 Å². The van der Waals surface area contributed by atoms with Gasteiger partial charge in [-0.15, -0.1) is 0 Å². The van der Waals surface area contributed by atoms with Crippen LogP contribution in [0, 0.1) is 12.8 Å². The molecule has 2 N–H and O–H groups in total. The molecule has 0 amide bonds. The Morgan fingerprint density at radius 1 is 1.11 bits per heavy atom. The van der Waals surface area contributed by atoms with Crippen LogP contribution < -0.4 is 15.4 Å². The molecule has 6 nitrogen and oxygen atoms in total. The molecule has 2 rings (SSSR count). The Morgan fingerprint density at radius 3 is 2.71 bits per heavy atom. The fraction of sp³-hybridized carbons (Fsp3) is 0.682. The summed E-state index contributed by atoms with van der Waals surface area (Å²) in [5.41, 5.74) is 2.25. The Labute approximate surface area is 170 Å². The summed E-state index contributed by atoms with van der Waals surface area (Å²) in [6.45, 7) is 12.0. The zero-order chi connectivity index (χ0) is 20.0. The maximum Gasteiger partial charge on any atom is 0.191 e. The van der Waals surface area contributed by atoms with Crippen molar-refractivity contribution in [2.24, 2.45) is 10.9 Å². The summed E-state index contributed by atoms with van der Waals surface area (Å²) in [5.74, 6) is 2.53. The molecule has 1 fully saturated rings. The van der Waals surface area contributed by atoms with E-state index < -0.39 is 0 Å². The molecule has 0 bridgehead atoms. The van der Waals surface area contributed by atoms with Crippen molar-refractivity contribution < 1.29 is 14.2 Å². The van der Waals surface area contributed by atoms with E-state index in [1.165, 1.54) is 18.4 Å². The molecule has 0 aliphatic heterocycles. The van der Waals surface area contributed by atoms with Crippen molar-refractivity contribution in [3.05, 3.63) is 29.3 Å². The molecule has 1 aromatic rings. The van der Waals surface area contributed by atoms with Gasteiger partial charge in [0.2, 0.25) is 0 Å². The highest BCUT2D eigenvalue weighted by atomic mass is 16.5. The van der Waals surface area contributed by atoms with Gasteiger partial charge in [-0.25, -0.2) is 4.99 Å². The second-order valence-electron chi connectivity index (χ2n) is 7.15. The Kier molecular flexibility index (Phi) is 10.8. The van der Waals surface area contributed by atoms with Crippen LogP contribution in [0.2, 0.25) is 0 Å².